The van der Waals surface area contributed by atoms with Gasteiger partial charge in [-0.15, -0.1) is 0 Å². The number of nitrogens with one attached hydrogen (secondary N) is 1. The van der Waals surface area contributed by atoms with Crippen molar-refractivity contribution in [3.05, 3.63) is 70.8 Å². The molecule has 0 bridgehead atoms. The Bertz CT molecular complexity index is 776. The second kappa shape index (κ2) is 9.06. The zero-order valence-electron chi connectivity index (χ0n) is 15.3. The Morgan fingerprint density at radius 2 is 1.81 bits per heavy atom. The third-order valence-corrected chi connectivity index (χ3v) is 5.00. The van der Waals surface area contributed by atoms with Gasteiger partial charge in [0.2, 0.25) is 5.91 Å². The van der Waals surface area contributed by atoms with E-state index in [2.05, 4.69) is 16.3 Å². The summed E-state index contributed by atoms with van der Waals surface area (Å²) in [7, 11) is 0. The Hall–Kier alpha value is -2.31. The number of carbonyl (C=O) groups is 1. The summed E-state index contributed by atoms with van der Waals surface area (Å²) in [6.45, 7) is 3.07. The number of halogens is 2. The maximum absolute atomic E-state index is 13.7. The Labute approximate surface area is 158 Å². The second-order valence-corrected chi connectivity index (χ2v) is 7.10. The quantitative estimate of drug-likeness (QED) is 0.785. The van der Waals surface area contributed by atoms with E-state index in [4.69, 9.17) is 5.73 Å². The average Bonchev–Trinajstić information content (AvgIpc) is 2.65. The zero-order valence-corrected chi connectivity index (χ0v) is 15.3. The highest BCUT2D eigenvalue weighted by atomic mass is 19.1. The van der Waals surface area contributed by atoms with Crippen LogP contribution < -0.4 is 11.1 Å². The zero-order chi connectivity index (χ0) is 19.2. The molecule has 1 aliphatic heterocycles. The summed E-state index contributed by atoms with van der Waals surface area (Å²) in [5.74, 6) is -1.37. The summed E-state index contributed by atoms with van der Waals surface area (Å²) in [6, 6.07) is 12.0. The number of nitrogens with zero attached hydrogens (tertiary/aromatic N) is 1. The number of carbonyl (C=O) groups excluding carboxylic acids is 1. The molecule has 6 heteroatoms. The Balaban J connectivity index is 1.55. The monoisotopic (exact) mass is 373 g/mol. The topological polar surface area (TPSA) is 58.4 Å². The van der Waals surface area contributed by atoms with Gasteiger partial charge in [-0.25, -0.2) is 8.78 Å². The highest BCUT2D eigenvalue weighted by molar-refractivity contribution is 5.76. The fourth-order valence-corrected chi connectivity index (χ4v) is 3.56. The summed E-state index contributed by atoms with van der Waals surface area (Å²) in [5.41, 5.74) is 7.70. The number of benzene rings is 2. The van der Waals surface area contributed by atoms with E-state index in [1.807, 2.05) is 18.2 Å². The minimum atomic E-state index is -0.537. The standard InChI is InChI=1S/C21H25F2N3O/c22-19-7-2-8-20(23)18(19)12-25-11-15-4-1-5-16(10-15)13-26-9-3-6-17(14-26)21(24)27/h1-2,4-5,7-8,10,17,25H,3,6,9,11-14H2,(H2,24,27)/t17-/m0/s1. The van der Waals surface area contributed by atoms with Crippen LogP contribution in [0.15, 0.2) is 42.5 Å². The maximum Gasteiger partial charge on any atom is 0.221 e. The molecule has 0 radical (unpaired) electrons. The van der Waals surface area contributed by atoms with Gasteiger partial charge < -0.3 is 11.1 Å². The van der Waals surface area contributed by atoms with Gasteiger partial charge in [-0.3, -0.25) is 9.69 Å². The lowest BCUT2D eigenvalue weighted by Gasteiger charge is -2.31. The molecule has 2 aromatic rings. The predicted molar refractivity (Wildman–Crippen MR) is 101 cm³/mol. The number of piperidine rings is 1. The third kappa shape index (κ3) is 5.34. The molecule has 3 rings (SSSR count). The first-order valence-corrected chi connectivity index (χ1v) is 9.26. The van der Waals surface area contributed by atoms with Crippen LogP contribution in [0.4, 0.5) is 8.78 Å². The van der Waals surface area contributed by atoms with Crippen molar-refractivity contribution in [2.45, 2.75) is 32.5 Å². The maximum atomic E-state index is 13.7. The lowest BCUT2D eigenvalue weighted by atomic mass is 9.97. The van der Waals surface area contributed by atoms with Gasteiger partial charge >= 0.3 is 0 Å². The van der Waals surface area contributed by atoms with Crippen molar-refractivity contribution in [3.8, 4) is 0 Å². The van der Waals surface area contributed by atoms with Crippen LogP contribution in [0.5, 0.6) is 0 Å². The molecule has 144 valence electrons. The Kier molecular flexibility index (Phi) is 6.53. The molecular weight excluding hydrogens is 348 g/mol. The molecule has 4 nitrogen and oxygen atoms in total. The predicted octanol–water partition coefficient (Wildman–Crippen LogP) is 2.95. The molecule has 0 spiro atoms. The van der Waals surface area contributed by atoms with E-state index in [0.717, 1.165) is 37.1 Å². The van der Waals surface area contributed by atoms with Crippen molar-refractivity contribution in [1.82, 2.24) is 10.2 Å². The van der Waals surface area contributed by atoms with Crippen molar-refractivity contribution in [2.75, 3.05) is 13.1 Å². The molecule has 2 aromatic carbocycles. The van der Waals surface area contributed by atoms with Crippen LogP contribution in [-0.4, -0.2) is 23.9 Å². The van der Waals surface area contributed by atoms with Gasteiger partial charge in [-0.05, 0) is 42.6 Å². The minimum absolute atomic E-state index is 0.0551. The molecule has 1 aliphatic rings. The number of amides is 1. The summed E-state index contributed by atoms with van der Waals surface area (Å²) >= 11 is 0. The molecule has 0 saturated carbocycles. The van der Waals surface area contributed by atoms with Gasteiger partial charge in [0.25, 0.3) is 0 Å². The number of hydrogen-bond donors (Lipinski definition) is 2. The molecule has 1 saturated heterocycles. The first kappa shape index (κ1) is 19.5. The minimum Gasteiger partial charge on any atom is -0.369 e. The first-order valence-electron chi connectivity index (χ1n) is 9.26. The second-order valence-electron chi connectivity index (χ2n) is 7.10. The number of likely N-dealkylation sites (tertiary alicyclic amines) is 1. The van der Waals surface area contributed by atoms with Crippen molar-refractivity contribution < 1.29 is 13.6 Å². The summed E-state index contributed by atoms with van der Waals surface area (Å²) < 4.78 is 27.3. The van der Waals surface area contributed by atoms with Crippen LogP contribution in [0.3, 0.4) is 0 Å². The van der Waals surface area contributed by atoms with Crippen LogP contribution in [0.25, 0.3) is 0 Å². The molecule has 27 heavy (non-hydrogen) atoms. The van der Waals surface area contributed by atoms with E-state index in [1.165, 1.54) is 18.2 Å². The lowest BCUT2D eigenvalue weighted by Crippen LogP contribution is -2.40. The molecule has 0 aromatic heterocycles. The smallest absolute Gasteiger partial charge is 0.221 e. The third-order valence-electron chi connectivity index (χ3n) is 5.00. The SMILES string of the molecule is NC(=O)[C@H]1CCCN(Cc2cccc(CNCc3c(F)cccc3F)c2)C1. The van der Waals surface area contributed by atoms with E-state index in [-0.39, 0.29) is 23.9 Å². The van der Waals surface area contributed by atoms with E-state index < -0.39 is 11.6 Å². The van der Waals surface area contributed by atoms with Crippen LogP contribution in [-0.2, 0) is 24.4 Å². The molecule has 0 unspecified atom stereocenters. The van der Waals surface area contributed by atoms with E-state index in [0.29, 0.717) is 13.1 Å². The summed E-state index contributed by atoms with van der Waals surface area (Å²) in [6.07, 6.45) is 1.84. The Morgan fingerprint density at radius 3 is 2.56 bits per heavy atom. The van der Waals surface area contributed by atoms with E-state index in [1.54, 1.807) is 0 Å². The van der Waals surface area contributed by atoms with Crippen molar-refractivity contribution in [1.29, 1.82) is 0 Å². The van der Waals surface area contributed by atoms with Gasteiger partial charge in [0.1, 0.15) is 11.6 Å². The van der Waals surface area contributed by atoms with Crippen molar-refractivity contribution in [2.24, 2.45) is 11.7 Å². The van der Waals surface area contributed by atoms with Gasteiger partial charge in [0, 0.05) is 31.7 Å². The number of primary amides is 1. The average molecular weight is 373 g/mol. The largest absolute Gasteiger partial charge is 0.369 e. The number of nitrogens with two attached hydrogens (primary N) is 1. The van der Waals surface area contributed by atoms with Gasteiger partial charge in [0.15, 0.2) is 0 Å². The van der Waals surface area contributed by atoms with Gasteiger partial charge in [-0.2, -0.15) is 0 Å². The summed E-state index contributed by atoms with van der Waals surface area (Å²) in [5, 5.41) is 3.10. The fourth-order valence-electron chi connectivity index (χ4n) is 3.56. The molecule has 1 atom stereocenters. The molecule has 1 fully saturated rings. The van der Waals surface area contributed by atoms with Crippen LogP contribution in [0.1, 0.15) is 29.5 Å². The van der Waals surface area contributed by atoms with E-state index >= 15 is 0 Å². The molecule has 1 amide bonds. The van der Waals surface area contributed by atoms with E-state index in [9.17, 15) is 13.6 Å². The highest BCUT2D eigenvalue weighted by Crippen LogP contribution is 2.19. The van der Waals surface area contributed by atoms with Gasteiger partial charge in [-0.1, -0.05) is 30.3 Å². The molecule has 3 N–H and O–H groups in total. The van der Waals surface area contributed by atoms with Crippen molar-refractivity contribution >= 4 is 5.91 Å². The van der Waals surface area contributed by atoms with Gasteiger partial charge in [0.05, 0.1) is 5.92 Å². The lowest BCUT2D eigenvalue weighted by molar-refractivity contribution is -0.123. The normalized spacial score (nSPS) is 17.8. The van der Waals surface area contributed by atoms with Crippen LogP contribution >= 0.6 is 0 Å². The first-order chi connectivity index (χ1) is 13.0. The molecular formula is C21H25F2N3O. The number of hydrogen-bond acceptors (Lipinski definition) is 3. The summed E-state index contributed by atoms with van der Waals surface area (Å²) in [4.78, 5) is 13.7. The van der Waals surface area contributed by atoms with Crippen LogP contribution in [0, 0.1) is 17.6 Å². The fraction of sp³-hybridized carbons (Fsp3) is 0.381. The Morgan fingerprint density at radius 1 is 1.11 bits per heavy atom. The number of rotatable bonds is 7. The molecule has 1 heterocycles. The highest BCUT2D eigenvalue weighted by Gasteiger charge is 2.23. The molecule has 0 aliphatic carbocycles. The van der Waals surface area contributed by atoms with Crippen molar-refractivity contribution in [3.63, 3.8) is 0 Å². The van der Waals surface area contributed by atoms with Crippen LogP contribution in [0.2, 0.25) is 0 Å².